The fourth-order valence-electron chi connectivity index (χ4n) is 12.0. The van der Waals surface area contributed by atoms with Crippen LogP contribution in [0, 0.1) is 6.92 Å². The summed E-state index contributed by atoms with van der Waals surface area (Å²) in [7, 11) is 0. The maximum atomic E-state index is 7.60. The number of benzene rings is 6. The highest BCUT2D eigenvalue weighted by Crippen LogP contribution is 2.54. The van der Waals surface area contributed by atoms with E-state index in [-0.39, 0.29) is 28.4 Å². The first-order chi connectivity index (χ1) is 30.0. The first-order valence-corrected chi connectivity index (χ1v) is 23.8. The summed E-state index contributed by atoms with van der Waals surface area (Å²) in [6.45, 7) is 26.4. The molecular formula is C59H63BN2O. The molecule has 2 aliphatic carbocycles. The zero-order valence-corrected chi connectivity index (χ0v) is 39.5. The number of para-hydroxylation sites is 1. The monoisotopic (exact) mass is 827 g/mol. The van der Waals surface area contributed by atoms with Crippen molar-refractivity contribution in [2.24, 2.45) is 0 Å². The van der Waals surface area contributed by atoms with Crippen LogP contribution in [-0.4, -0.2) is 6.71 Å². The van der Waals surface area contributed by atoms with Crippen LogP contribution >= 0.6 is 0 Å². The predicted octanol–water partition coefficient (Wildman–Crippen LogP) is 14.7. The highest BCUT2D eigenvalue weighted by molar-refractivity contribution is 7.00. The Bertz CT molecular complexity index is 2980. The molecule has 4 aliphatic rings. The maximum absolute atomic E-state index is 7.60. The molecule has 1 atom stereocenters. The minimum absolute atomic E-state index is 0.0358. The van der Waals surface area contributed by atoms with Crippen molar-refractivity contribution in [1.82, 2.24) is 0 Å². The lowest BCUT2D eigenvalue weighted by molar-refractivity contribution is 0.332. The van der Waals surface area contributed by atoms with Crippen LogP contribution in [0.1, 0.15) is 141 Å². The summed E-state index contributed by atoms with van der Waals surface area (Å²) in [5, 5.41) is 1.21. The lowest BCUT2D eigenvalue weighted by Crippen LogP contribution is -2.61. The largest absolute Gasteiger partial charge is 0.468 e. The molecule has 3 nitrogen and oxygen atoms in total. The van der Waals surface area contributed by atoms with Gasteiger partial charge < -0.3 is 14.2 Å². The van der Waals surface area contributed by atoms with Gasteiger partial charge in [0, 0.05) is 33.7 Å². The highest BCUT2D eigenvalue weighted by Gasteiger charge is 2.50. The van der Waals surface area contributed by atoms with Crippen molar-refractivity contribution < 1.29 is 4.42 Å². The SMILES string of the molecule is CCC(C)c1ccc(N2c3cc(C)cc4c3B(c3cc5c(cc3N4c3ccccc3-c3ccccc3)C(C)(C)CCC5(C)C)c3oc4cc5c(cc4c32)C(C)(C)CCC5(C)C)cc1. The second kappa shape index (κ2) is 13.8. The third kappa shape index (κ3) is 5.99. The molecule has 0 saturated carbocycles. The number of anilines is 6. The van der Waals surface area contributed by atoms with E-state index in [4.69, 9.17) is 4.42 Å². The van der Waals surface area contributed by atoms with Crippen molar-refractivity contribution in [3.8, 4) is 11.1 Å². The average molecular weight is 827 g/mol. The summed E-state index contributed by atoms with van der Waals surface area (Å²) in [6.07, 6.45) is 5.76. The molecule has 7 aromatic rings. The van der Waals surface area contributed by atoms with Crippen molar-refractivity contribution in [3.63, 3.8) is 0 Å². The maximum Gasteiger partial charge on any atom is 0.297 e. The normalized spacial score (nSPS) is 18.9. The van der Waals surface area contributed by atoms with Crippen LogP contribution < -0.4 is 26.4 Å². The molecule has 4 heteroatoms. The van der Waals surface area contributed by atoms with E-state index in [9.17, 15) is 0 Å². The van der Waals surface area contributed by atoms with Crippen molar-refractivity contribution >= 4 is 68.4 Å². The number of nitrogens with zero attached hydrogens (tertiary/aromatic N) is 2. The highest BCUT2D eigenvalue weighted by atomic mass is 16.3. The number of rotatable bonds is 5. The smallest absolute Gasteiger partial charge is 0.297 e. The van der Waals surface area contributed by atoms with Crippen LogP contribution in [0.5, 0.6) is 0 Å². The van der Waals surface area contributed by atoms with Crippen molar-refractivity contribution in [2.45, 2.75) is 136 Å². The lowest BCUT2D eigenvalue weighted by Gasteiger charge is -2.47. The molecule has 0 N–H and O–H groups in total. The van der Waals surface area contributed by atoms with E-state index in [0.29, 0.717) is 5.92 Å². The van der Waals surface area contributed by atoms with Gasteiger partial charge in [0.2, 0.25) is 0 Å². The van der Waals surface area contributed by atoms with Crippen LogP contribution in [0.25, 0.3) is 22.1 Å². The number of furan rings is 1. The van der Waals surface area contributed by atoms with Crippen molar-refractivity contribution in [3.05, 3.63) is 149 Å². The van der Waals surface area contributed by atoms with Gasteiger partial charge in [-0.3, -0.25) is 0 Å². The van der Waals surface area contributed by atoms with Crippen molar-refractivity contribution in [2.75, 3.05) is 9.80 Å². The van der Waals surface area contributed by atoms with Gasteiger partial charge in [0.1, 0.15) is 5.58 Å². The van der Waals surface area contributed by atoms with Crippen LogP contribution in [0.2, 0.25) is 0 Å². The second-order valence-corrected chi connectivity index (χ2v) is 22.3. The van der Waals surface area contributed by atoms with E-state index in [1.54, 1.807) is 0 Å². The number of fused-ring (bicyclic) bond motifs is 8. The summed E-state index contributed by atoms with van der Waals surface area (Å²) < 4.78 is 7.60. The van der Waals surface area contributed by atoms with Gasteiger partial charge in [0.15, 0.2) is 0 Å². The summed E-state index contributed by atoms with van der Waals surface area (Å²) in [5.41, 5.74) is 23.1. The topological polar surface area (TPSA) is 19.6 Å². The molecule has 0 fully saturated rings. The third-order valence-electron chi connectivity index (χ3n) is 16.3. The first kappa shape index (κ1) is 40.3. The Morgan fingerprint density at radius 2 is 1.14 bits per heavy atom. The fourth-order valence-corrected chi connectivity index (χ4v) is 12.0. The van der Waals surface area contributed by atoms with Gasteiger partial charge in [-0.2, -0.15) is 0 Å². The Kier molecular flexibility index (Phi) is 8.81. The van der Waals surface area contributed by atoms with Crippen LogP contribution in [0.15, 0.2) is 120 Å². The Hall–Kier alpha value is -5.48. The van der Waals surface area contributed by atoms with Crippen LogP contribution in [0.3, 0.4) is 0 Å². The van der Waals surface area contributed by atoms with E-state index in [1.807, 2.05) is 0 Å². The summed E-state index contributed by atoms with van der Waals surface area (Å²) in [4.78, 5) is 5.20. The standard InChI is InChI=1S/C59H63BN2O/c1-12-37(3)38-22-24-40(25-23-38)61-50-30-36(2)31-51-53(50)60(55-54(61)42-32-43-46(35-52(42)63-55)59(10,11)29-26-56(43,4)5)47-33-44-45(58(8,9)28-27-57(44,6)7)34-49(47)62(51)48-21-17-16-20-41(48)39-18-14-13-15-19-39/h13-25,30-35,37H,12,26-29H2,1-11H3. The van der Waals surface area contributed by atoms with Gasteiger partial charge in [0.25, 0.3) is 6.71 Å². The lowest BCUT2D eigenvalue weighted by atomic mass is 9.35. The molecule has 3 heterocycles. The molecule has 63 heavy (non-hydrogen) atoms. The number of hydrogen-bond acceptors (Lipinski definition) is 3. The summed E-state index contributed by atoms with van der Waals surface area (Å²) in [6, 6.07) is 44.6. The molecule has 6 aromatic carbocycles. The zero-order valence-electron chi connectivity index (χ0n) is 39.5. The van der Waals surface area contributed by atoms with Gasteiger partial charge in [0.05, 0.1) is 17.0 Å². The number of hydrogen-bond donors (Lipinski definition) is 0. The molecule has 1 aromatic heterocycles. The Balaban J connectivity index is 1.28. The third-order valence-corrected chi connectivity index (χ3v) is 16.3. The molecule has 0 amide bonds. The van der Waals surface area contributed by atoms with Gasteiger partial charge in [-0.25, -0.2) is 0 Å². The Morgan fingerprint density at radius 3 is 1.78 bits per heavy atom. The Labute approximate surface area is 376 Å². The zero-order chi connectivity index (χ0) is 44.0. The fraction of sp³-hybridized carbons (Fsp3) is 0.356. The molecule has 0 bridgehead atoms. The van der Waals surface area contributed by atoms with Gasteiger partial charge in [-0.05, 0) is 165 Å². The van der Waals surface area contributed by atoms with Gasteiger partial charge in [-0.1, -0.05) is 136 Å². The minimum Gasteiger partial charge on any atom is -0.468 e. The van der Waals surface area contributed by atoms with E-state index >= 15 is 0 Å². The predicted molar refractivity (Wildman–Crippen MR) is 270 cm³/mol. The average Bonchev–Trinajstić information content (AvgIpc) is 3.64. The molecule has 318 valence electrons. The van der Waals surface area contributed by atoms with Gasteiger partial charge >= 0.3 is 0 Å². The van der Waals surface area contributed by atoms with Gasteiger partial charge in [-0.15, -0.1) is 0 Å². The molecule has 1 unspecified atom stereocenters. The number of aryl methyl sites for hydroxylation is 1. The summed E-state index contributed by atoms with van der Waals surface area (Å²) in [5.74, 6) is 0.494. The first-order valence-electron chi connectivity index (χ1n) is 23.8. The van der Waals surface area contributed by atoms with E-state index in [0.717, 1.165) is 43.3 Å². The summed E-state index contributed by atoms with van der Waals surface area (Å²) >= 11 is 0. The quantitative estimate of drug-likeness (QED) is 0.161. The molecule has 2 aliphatic heterocycles. The molecule has 0 radical (unpaired) electrons. The molecular weight excluding hydrogens is 763 g/mol. The molecule has 0 saturated heterocycles. The molecule has 0 spiro atoms. The van der Waals surface area contributed by atoms with Crippen LogP contribution in [-0.2, 0) is 21.7 Å². The van der Waals surface area contributed by atoms with Crippen molar-refractivity contribution in [1.29, 1.82) is 0 Å². The van der Waals surface area contributed by atoms with E-state index in [2.05, 4.69) is 201 Å². The van der Waals surface area contributed by atoms with E-state index in [1.165, 1.54) is 94.9 Å². The Morgan fingerprint density at radius 1 is 0.587 bits per heavy atom. The minimum atomic E-state index is -0.104. The molecule has 11 rings (SSSR count). The second-order valence-electron chi connectivity index (χ2n) is 22.3. The van der Waals surface area contributed by atoms with Crippen LogP contribution in [0.4, 0.5) is 34.1 Å². The van der Waals surface area contributed by atoms with E-state index < -0.39 is 0 Å².